The van der Waals surface area contributed by atoms with Crippen molar-refractivity contribution in [1.82, 2.24) is 25.1 Å². The van der Waals surface area contributed by atoms with Gasteiger partial charge in [0.05, 0.1) is 37.6 Å². The average Bonchev–Trinajstić information content (AvgIpc) is 3.45. The van der Waals surface area contributed by atoms with Crippen molar-refractivity contribution in [2.24, 2.45) is 0 Å². The van der Waals surface area contributed by atoms with Gasteiger partial charge in [-0.15, -0.1) is 0 Å². The van der Waals surface area contributed by atoms with Crippen molar-refractivity contribution in [2.45, 2.75) is 50.8 Å². The summed E-state index contributed by atoms with van der Waals surface area (Å²) >= 11 is 0. The van der Waals surface area contributed by atoms with Gasteiger partial charge in [-0.1, -0.05) is 6.92 Å². The van der Waals surface area contributed by atoms with Crippen LogP contribution in [0.25, 0.3) is 11.3 Å². The fraction of sp³-hybridized carbons (Fsp3) is 0.478. The maximum atomic E-state index is 14.3. The normalized spacial score (nSPS) is 19.7. The second-order valence-electron chi connectivity index (χ2n) is 9.03. The molecule has 1 aliphatic carbocycles. The Labute approximate surface area is 211 Å². The van der Waals surface area contributed by atoms with Crippen molar-refractivity contribution in [3.63, 3.8) is 0 Å². The van der Waals surface area contributed by atoms with Gasteiger partial charge in [0.25, 0.3) is 5.91 Å². The fourth-order valence-corrected chi connectivity index (χ4v) is 4.48. The third-order valence-corrected chi connectivity index (χ3v) is 6.21. The van der Waals surface area contributed by atoms with E-state index in [-0.39, 0.29) is 47.6 Å². The molecular weight excluding hydrogens is 524 g/mol. The number of carbonyl (C=O) groups excluding carboxylic acids is 1. The first-order valence-electron chi connectivity index (χ1n) is 11.6. The second kappa shape index (κ2) is 9.69. The van der Waals surface area contributed by atoms with Crippen LogP contribution >= 0.6 is 0 Å². The Balaban J connectivity index is 1.43. The Bertz CT molecular complexity index is 1330. The lowest BCUT2D eigenvalue weighted by atomic mass is 9.86. The summed E-state index contributed by atoms with van der Waals surface area (Å²) in [7, 11) is 0. The molecule has 5 rings (SSSR count). The molecule has 1 unspecified atom stereocenters. The number of hydrogen-bond donors (Lipinski definition) is 1. The number of aromatic nitrogens is 4. The summed E-state index contributed by atoms with van der Waals surface area (Å²) in [5, 5.41) is 6.63. The predicted octanol–water partition coefficient (Wildman–Crippen LogP) is 3.98. The zero-order valence-electron chi connectivity index (χ0n) is 19.8. The number of furan rings is 1. The number of halogens is 6. The molecule has 3 aromatic rings. The molecule has 2 aliphatic rings. The molecule has 3 aromatic heterocycles. The molecule has 2 atom stereocenters. The molecule has 0 radical (unpaired) electrons. The first-order chi connectivity index (χ1) is 17.9. The summed E-state index contributed by atoms with van der Waals surface area (Å²) in [6.45, 7) is 2.87. The van der Waals surface area contributed by atoms with E-state index in [0.717, 1.165) is 12.4 Å². The number of hydrogen-bond acceptors (Lipinski definition) is 7. The topological polar surface area (TPSA) is 104 Å². The maximum Gasteiger partial charge on any atom is 0.451 e. The molecular formula is C23H21F6N5O4. The van der Waals surface area contributed by atoms with Crippen LogP contribution in [0.1, 0.15) is 51.7 Å². The van der Waals surface area contributed by atoms with Crippen molar-refractivity contribution >= 4 is 5.91 Å². The van der Waals surface area contributed by atoms with E-state index >= 15 is 0 Å². The van der Waals surface area contributed by atoms with E-state index in [1.54, 1.807) is 6.20 Å². The van der Waals surface area contributed by atoms with Gasteiger partial charge in [-0.3, -0.25) is 9.48 Å². The molecule has 4 heterocycles. The molecule has 9 nitrogen and oxygen atoms in total. The van der Waals surface area contributed by atoms with E-state index in [2.05, 4.69) is 20.4 Å². The standard InChI is InChI=1S/C23H21F6N5O4/c1-11-4-15-16(18-14(11)9-34(33-18)8-13-10-36-2-3-37-13)17(22(24,25)26)19(38-15)20(35)30-5-12-6-31-21(32-7-12)23(27,28)29/h6-7,9,11,13H,2-5,8,10H2,1H3,(H,30,35)/t11?,13-/m0/s1. The highest BCUT2D eigenvalue weighted by Gasteiger charge is 2.46. The summed E-state index contributed by atoms with van der Waals surface area (Å²) in [6.07, 6.45) is -6.58. The van der Waals surface area contributed by atoms with Gasteiger partial charge in [-0.05, 0) is 5.92 Å². The van der Waals surface area contributed by atoms with Gasteiger partial charge in [-0.2, -0.15) is 31.4 Å². The van der Waals surface area contributed by atoms with Gasteiger partial charge in [0.1, 0.15) is 17.4 Å². The van der Waals surface area contributed by atoms with Gasteiger partial charge in [0, 0.05) is 42.7 Å². The summed E-state index contributed by atoms with van der Waals surface area (Å²) in [6, 6.07) is 0. The summed E-state index contributed by atoms with van der Waals surface area (Å²) < 4.78 is 98.7. The van der Waals surface area contributed by atoms with Crippen LogP contribution in [0, 0.1) is 0 Å². The highest BCUT2D eigenvalue weighted by molar-refractivity contribution is 5.96. The quantitative estimate of drug-likeness (QED) is 0.484. The third-order valence-electron chi connectivity index (χ3n) is 6.21. The van der Waals surface area contributed by atoms with Crippen molar-refractivity contribution in [2.75, 3.05) is 19.8 Å². The van der Waals surface area contributed by atoms with E-state index in [0.29, 0.717) is 25.4 Å². The minimum Gasteiger partial charge on any atom is -0.455 e. The number of nitrogens with zero attached hydrogens (tertiary/aromatic N) is 4. The van der Waals surface area contributed by atoms with Crippen molar-refractivity contribution in [3.8, 4) is 11.3 Å². The van der Waals surface area contributed by atoms with E-state index in [1.807, 2.05) is 6.92 Å². The lowest BCUT2D eigenvalue weighted by molar-refractivity contribution is -0.145. The smallest absolute Gasteiger partial charge is 0.451 e. The van der Waals surface area contributed by atoms with Crippen LogP contribution in [-0.2, 0) is 41.3 Å². The molecule has 1 aliphatic heterocycles. The monoisotopic (exact) mass is 545 g/mol. The Morgan fingerprint density at radius 1 is 1.13 bits per heavy atom. The fourth-order valence-electron chi connectivity index (χ4n) is 4.48. The molecule has 204 valence electrons. The molecule has 1 amide bonds. The summed E-state index contributed by atoms with van der Waals surface area (Å²) in [5.41, 5.74) is -0.853. The highest BCUT2D eigenvalue weighted by atomic mass is 19.4. The van der Waals surface area contributed by atoms with Gasteiger partial charge in [0.15, 0.2) is 0 Å². The Morgan fingerprint density at radius 2 is 1.87 bits per heavy atom. The van der Waals surface area contributed by atoms with E-state index in [9.17, 15) is 31.1 Å². The van der Waals surface area contributed by atoms with Crippen LogP contribution in [0.15, 0.2) is 23.0 Å². The zero-order valence-corrected chi connectivity index (χ0v) is 19.8. The van der Waals surface area contributed by atoms with Crippen LogP contribution in [-0.4, -0.2) is 51.6 Å². The number of rotatable bonds is 5. The van der Waals surface area contributed by atoms with Crippen LogP contribution in [0.2, 0.25) is 0 Å². The van der Waals surface area contributed by atoms with Crippen molar-refractivity contribution in [1.29, 1.82) is 0 Å². The van der Waals surface area contributed by atoms with E-state index in [1.165, 1.54) is 4.68 Å². The highest BCUT2D eigenvalue weighted by Crippen LogP contribution is 2.48. The van der Waals surface area contributed by atoms with Crippen LogP contribution in [0.3, 0.4) is 0 Å². The molecule has 0 spiro atoms. The van der Waals surface area contributed by atoms with Crippen molar-refractivity contribution in [3.05, 3.63) is 52.6 Å². The average molecular weight is 545 g/mol. The number of fused-ring (bicyclic) bond motifs is 3. The van der Waals surface area contributed by atoms with Gasteiger partial charge >= 0.3 is 12.4 Å². The molecule has 0 saturated carbocycles. The molecule has 38 heavy (non-hydrogen) atoms. The molecule has 15 heteroatoms. The number of carbonyl (C=O) groups is 1. The molecule has 1 fully saturated rings. The minimum absolute atomic E-state index is 0.0251. The lowest BCUT2D eigenvalue weighted by Gasteiger charge is -2.22. The van der Waals surface area contributed by atoms with Crippen LogP contribution in [0.5, 0.6) is 0 Å². The first kappa shape index (κ1) is 26.2. The number of nitrogens with one attached hydrogen (secondary N) is 1. The zero-order chi connectivity index (χ0) is 27.2. The molecule has 1 N–H and O–H groups in total. The Kier molecular flexibility index (Phi) is 6.67. The number of amides is 1. The number of alkyl halides is 6. The Hall–Kier alpha value is -3.46. The third kappa shape index (κ3) is 5.12. The van der Waals surface area contributed by atoms with E-state index in [4.69, 9.17) is 13.9 Å². The second-order valence-corrected chi connectivity index (χ2v) is 9.03. The van der Waals surface area contributed by atoms with Gasteiger partial charge in [0.2, 0.25) is 11.6 Å². The molecule has 1 saturated heterocycles. The maximum absolute atomic E-state index is 14.3. The van der Waals surface area contributed by atoms with Crippen LogP contribution in [0.4, 0.5) is 26.3 Å². The largest absolute Gasteiger partial charge is 0.455 e. The lowest BCUT2D eigenvalue weighted by Crippen LogP contribution is -2.32. The van der Waals surface area contributed by atoms with Gasteiger partial charge < -0.3 is 19.2 Å². The molecule has 0 bridgehead atoms. The van der Waals surface area contributed by atoms with E-state index < -0.39 is 42.0 Å². The number of ether oxygens (including phenoxy) is 2. The first-order valence-corrected chi connectivity index (χ1v) is 11.6. The minimum atomic E-state index is -4.96. The Morgan fingerprint density at radius 3 is 2.50 bits per heavy atom. The SMILES string of the molecule is CC1Cc2oc(C(=O)NCc3cnc(C(F)(F)F)nc3)c(C(F)(F)F)c2-c2nn(C[C@H]3COCCO3)cc21. The van der Waals surface area contributed by atoms with Gasteiger partial charge in [-0.25, -0.2) is 9.97 Å². The summed E-state index contributed by atoms with van der Waals surface area (Å²) in [5.74, 6) is -3.77. The predicted molar refractivity (Wildman–Crippen MR) is 116 cm³/mol. The van der Waals surface area contributed by atoms with Crippen LogP contribution < -0.4 is 5.32 Å². The van der Waals surface area contributed by atoms with Crippen molar-refractivity contribution < 1.29 is 45.0 Å². The molecule has 0 aromatic carbocycles. The summed E-state index contributed by atoms with van der Waals surface area (Å²) in [4.78, 5) is 19.1.